The van der Waals surface area contributed by atoms with Crippen molar-refractivity contribution in [3.63, 3.8) is 0 Å². The van der Waals surface area contributed by atoms with Crippen LogP contribution in [-0.2, 0) is 57.4 Å². The first kappa shape index (κ1) is 67.8. The van der Waals surface area contributed by atoms with Crippen molar-refractivity contribution in [1.82, 2.24) is 45.8 Å². The van der Waals surface area contributed by atoms with Crippen LogP contribution in [0.5, 0.6) is 0 Å². The van der Waals surface area contributed by atoms with E-state index < -0.39 is 104 Å². The molecule has 5 aliphatic heterocycles. The number of fused-ring (bicyclic) bond motifs is 3. The lowest BCUT2D eigenvalue weighted by Gasteiger charge is -2.39. The van der Waals surface area contributed by atoms with Crippen molar-refractivity contribution in [2.75, 3.05) is 70.8 Å². The van der Waals surface area contributed by atoms with Gasteiger partial charge in [-0.05, 0) is 104 Å². The molecule has 24 nitrogen and oxygen atoms in total. The predicted octanol–water partition coefficient (Wildman–Crippen LogP) is 3.53. The molecule has 5 aliphatic rings. The van der Waals surface area contributed by atoms with E-state index in [1.54, 1.807) is 17.0 Å². The average molecular weight is 1310 g/mol. The number of guanidine groups is 1. The number of nitrogens with one attached hydrogen (secondary N) is 5. The standard InChI is InChI=1S/C61H78F4N13O11PS/c1-60(2,3)37-12-10-35(11-13-37)29-44(57(85)76-27-25-74(26-28-76)23-6-22-68-42-8-4-7-40-41(42)32-77(56(40)84)46-17-19-51(79)73-53(46)81)71-52(80)43(9-5-21-69-59(66)67)70-54(82)47-16-15-39-20-24-75(34-50(62)63)33-45(58(86)78(39)47)72-55(83)49-31-36-30-38(14-18-48(36)91-49)61(64,65)90(87,88)89/h4,7-8,10-14,18,30-31,39,43-47,50,68H,5-6,9,15-17,19-29,32-34H2,1-3H3,(H,70,82)(H,71,80)(H,72,83)(H4,66,67,69)(H,73,79,81)(H2,87,88,89)/t39-,43+,44+,45+,46?,47+/m1/s1. The van der Waals surface area contributed by atoms with Crippen molar-refractivity contribution in [2.45, 2.75) is 139 Å². The molecule has 3 aromatic carbocycles. The van der Waals surface area contributed by atoms with Crippen molar-refractivity contribution >= 4 is 87.9 Å². The van der Waals surface area contributed by atoms with Crippen LogP contribution in [-0.4, -0.2) is 196 Å². The number of hydrogen-bond donors (Lipinski definition) is 9. The van der Waals surface area contributed by atoms with Crippen LogP contribution in [0.25, 0.3) is 10.1 Å². The van der Waals surface area contributed by atoms with Crippen LogP contribution in [0.15, 0.2) is 71.7 Å². The fourth-order valence-electron chi connectivity index (χ4n) is 12.5. The summed E-state index contributed by atoms with van der Waals surface area (Å²) in [5.41, 5.74) is 9.42. The first-order valence-electron chi connectivity index (χ1n) is 30.4. The molecule has 4 aromatic rings. The highest BCUT2D eigenvalue weighted by atomic mass is 32.1. The third-order valence-electron chi connectivity index (χ3n) is 17.4. The molecule has 0 spiro atoms. The average Bonchev–Trinajstić information content (AvgIpc) is 1.71. The van der Waals surface area contributed by atoms with Gasteiger partial charge in [0.1, 0.15) is 30.2 Å². The molecule has 11 N–H and O–H groups in total. The van der Waals surface area contributed by atoms with Crippen LogP contribution >= 0.6 is 18.9 Å². The number of alkyl halides is 4. The number of hydrogen-bond acceptors (Lipinski definition) is 14. The second-order valence-electron chi connectivity index (χ2n) is 24.8. The SMILES string of the molecule is CC(C)(C)c1ccc(C[C@H](NC(=O)[C@H](CCCN=C(N)N)NC(=O)[C@@H]2CC[C@@H]3CCN(CC(F)F)C[C@H](NC(=O)c4cc5cc(C(F)(F)P(=O)(O)O)ccc5s4)C(=O)N32)C(=O)N2CCN(CCCNc3cccc4c3CN(C3CCC(=O)NC3=O)C4=O)CC2)cc1. The summed E-state index contributed by atoms with van der Waals surface area (Å²) in [5.74, 6) is -4.74. The molecule has 0 radical (unpaired) electrons. The van der Waals surface area contributed by atoms with Gasteiger partial charge in [-0.15, -0.1) is 11.3 Å². The van der Waals surface area contributed by atoms with E-state index in [4.69, 9.17) is 11.5 Å². The summed E-state index contributed by atoms with van der Waals surface area (Å²) >= 11 is 0.829. The maximum Gasteiger partial charge on any atom is 0.399 e. The van der Waals surface area contributed by atoms with E-state index in [1.807, 2.05) is 30.3 Å². The maximum atomic E-state index is 14.8. The number of aliphatic imine (C=N–C) groups is 1. The number of nitrogens with zero attached hydrogens (tertiary/aromatic N) is 6. The van der Waals surface area contributed by atoms with E-state index in [0.29, 0.717) is 51.3 Å². The first-order valence-corrected chi connectivity index (χ1v) is 32.9. The van der Waals surface area contributed by atoms with Crippen LogP contribution in [0.1, 0.15) is 114 Å². The molecule has 4 saturated heterocycles. The summed E-state index contributed by atoms with van der Waals surface area (Å²) in [7, 11) is -5.93. The van der Waals surface area contributed by atoms with Crippen LogP contribution in [0.3, 0.4) is 0 Å². The number of benzene rings is 3. The normalized spacial score (nSPS) is 21.0. The molecule has 4 fully saturated rings. The highest BCUT2D eigenvalue weighted by molar-refractivity contribution is 7.52. The van der Waals surface area contributed by atoms with Crippen LogP contribution in [0.2, 0.25) is 0 Å². The Kier molecular flexibility index (Phi) is 21.3. The van der Waals surface area contributed by atoms with E-state index in [-0.39, 0.29) is 115 Å². The molecule has 1 unspecified atom stereocenters. The van der Waals surface area contributed by atoms with Gasteiger partial charge >= 0.3 is 13.3 Å². The molecule has 30 heteroatoms. The monoisotopic (exact) mass is 1310 g/mol. The quantitative estimate of drug-likeness (QED) is 0.0128. The van der Waals surface area contributed by atoms with Crippen molar-refractivity contribution in [3.8, 4) is 0 Å². The lowest BCUT2D eigenvalue weighted by molar-refractivity contribution is -0.144. The van der Waals surface area contributed by atoms with Gasteiger partial charge in [0.15, 0.2) is 5.96 Å². The number of amides is 8. The van der Waals surface area contributed by atoms with Crippen molar-refractivity contribution in [1.29, 1.82) is 0 Å². The minimum atomic E-state index is -5.93. The summed E-state index contributed by atoms with van der Waals surface area (Å²) in [4.78, 5) is 142. The Morgan fingerprint density at radius 1 is 0.857 bits per heavy atom. The number of nitrogens with two attached hydrogens (primary N) is 2. The maximum absolute atomic E-state index is 14.8. The predicted molar refractivity (Wildman–Crippen MR) is 331 cm³/mol. The number of thiophene rings is 1. The lowest BCUT2D eigenvalue weighted by atomic mass is 9.86. The van der Waals surface area contributed by atoms with Gasteiger partial charge < -0.3 is 57.2 Å². The van der Waals surface area contributed by atoms with Crippen molar-refractivity contribution < 1.29 is 70.3 Å². The summed E-state index contributed by atoms with van der Waals surface area (Å²) in [6.45, 7) is 8.40. The number of rotatable bonds is 23. The second kappa shape index (κ2) is 28.5. The third-order valence-corrected chi connectivity index (χ3v) is 19.5. The van der Waals surface area contributed by atoms with E-state index in [2.05, 4.69) is 57.2 Å². The van der Waals surface area contributed by atoms with E-state index in [1.165, 1.54) is 20.8 Å². The molecule has 1 aromatic heterocycles. The molecule has 6 atom stereocenters. The zero-order valence-corrected chi connectivity index (χ0v) is 52.5. The molecule has 6 heterocycles. The van der Waals surface area contributed by atoms with Gasteiger partial charge in [0.25, 0.3) is 18.2 Å². The number of piperazine rings is 1. The number of halogens is 4. The van der Waals surface area contributed by atoms with Gasteiger partial charge in [0.2, 0.25) is 35.4 Å². The number of carbonyl (C=O) groups is 8. The minimum absolute atomic E-state index is 0.0201. The highest BCUT2D eigenvalue weighted by Gasteiger charge is 2.51. The van der Waals surface area contributed by atoms with Crippen molar-refractivity contribution in [2.24, 2.45) is 16.5 Å². The molecule has 8 amide bonds. The Balaban J connectivity index is 0.873. The fraction of sp³-hybridized carbons (Fsp3) is 0.525. The zero-order chi connectivity index (χ0) is 65.7. The molecular formula is C61H78F4N13O11PS. The Hall–Kier alpha value is -7.56. The molecule has 9 rings (SSSR count). The van der Waals surface area contributed by atoms with Gasteiger partial charge in [0, 0.05) is 105 Å². The van der Waals surface area contributed by atoms with Gasteiger partial charge in [-0.3, -0.25) is 63.0 Å². The number of carbonyl (C=O) groups excluding carboxylic acids is 8. The Labute approximate surface area is 527 Å². The summed E-state index contributed by atoms with van der Waals surface area (Å²) in [6.07, 6.45) is -0.898. The molecule has 0 saturated carbocycles. The Morgan fingerprint density at radius 3 is 2.26 bits per heavy atom. The topological polar surface area (TPSA) is 335 Å². The summed E-state index contributed by atoms with van der Waals surface area (Å²) in [5, 5.41) is 14.3. The van der Waals surface area contributed by atoms with Gasteiger partial charge in [0.05, 0.1) is 11.4 Å². The largest absolute Gasteiger partial charge is 0.399 e. The van der Waals surface area contributed by atoms with E-state index in [0.717, 1.165) is 51.9 Å². The van der Waals surface area contributed by atoms with Crippen LogP contribution in [0, 0.1) is 0 Å². The third kappa shape index (κ3) is 16.2. The lowest BCUT2D eigenvalue weighted by Crippen LogP contribution is -2.62. The molecule has 492 valence electrons. The first-order chi connectivity index (χ1) is 43.1. The molecular weight excluding hydrogens is 1230 g/mol. The fourth-order valence-corrected chi connectivity index (χ4v) is 13.9. The van der Waals surface area contributed by atoms with Crippen LogP contribution < -0.4 is 38.1 Å². The highest BCUT2D eigenvalue weighted by Crippen LogP contribution is 2.59. The Bertz CT molecular complexity index is 3480. The number of imide groups is 1. The smallest absolute Gasteiger partial charge is 0.385 e. The molecule has 0 aliphatic carbocycles. The van der Waals surface area contributed by atoms with Gasteiger partial charge in [-0.2, -0.15) is 8.78 Å². The molecule has 91 heavy (non-hydrogen) atoms. The second-order valence-corrected chi connectivity index (χ2v) is 27.5. The van der Waals surface area contributed by atoms with Gasteiger partial charge in [-0.1, -0.05) is 57.2 Å². The number of piperidine rings is 1. The molecule has 0 bridgehead atoms. The van der Waals surface area contributed by atoms with Crippen LogP contribution in [0.4, 0.5) is 23.2 Å². The minimum Gasteiger partial charge on any atom is -0.385 e. The number of anilines is 1. The van der Waals surface area contributed by atoms with E-state index in [9.17, 15) is 70.3 Å². The van der Waals surface area contributed by atoms with Crippen molar-refractivity contribution in [3.05, 3.63) is 99.4 Å². The summed E-state index contributed by atoms with van der Waals surface area (Å²) in [6, 6.07) is 10.6. The van der Waals surface area contributed by atoms with Gasteiger partial charge in [-0.25, -0.2) is 8.78 Å². The Morgan fingerprint density at radius 2 is 1.58 bits per heavy atom. The summed E-state index contributed by atoms with van der Waals surface area (Å²) < 4.78 is 69.2. The zero-order valence-electron chi connectivity index (χ0n) is 50.8. The van der Waals surface area contributed by atoms with E-state index >= 15 is 0 Å².